The van der Waals surface area contributed by atoms with Crippen molar-refractivity contribution in [2.24, 2.45) is 0 Å². The Bertz CT molecular complexity index is 1260. The fraction of sp³-hybridized carbons (Fsp3) is 0.185. The number of ether oxygens (including phenoxy) is 1. The van der Waals surface area contributed by atoms with Gasteiger partial charge in [0.2, 0.25) is 0 Å². The minimum Gasteiger partial charge on any atom is -0.495 e. The first-order chi connectivity index (χ1) is 15.3. The van der Waals surface area contributed by atoms with Crippen LogP contribution in [0.15, 0.2) is 66.4 Å². The Morgan fingerprint density at radius 3 is 2.06 bits per heavy atom. The predicted molar refractivity (Wildman–Crippen MR) is 128 cm³/mol. The van der Waals surface area contributed by atoms with E-state index >= 15 is 0 Å². The van der Waals surface area contributed by atoms with Crippen molar-refractivity contribution < 1.29 is 14.3 Å². The highest BCUT2D eigenvalue weighted by atomic mass is 16.5. The summed E-state index contributed by atoms with van der Waals surface area (Å²) < 4.78 is 5.48. The topological polar surface area (TPSA) is 58.6 Å². The quantitative estimate of drug-likeness (QED) is 0.561. The first-order valence-electron chi connectivity index (χ1n) is 10.5. The zero-order valence-electron chi connectivity index (χ0n) is 18.9. The molecule has 162 valence electrons. The van der Waals surface area contributed by atoms with Gasteiger partial charge in [-0.2, -0.15) is 0 Å². The summed E-state index contributed by atoms with van der Waals surface area (Å²) >= 11 is 0. The number of aryl methyl sites for hydroxylation is 4. The molecule has 0 saturated carbocycles. The molecule has 1 N–H and O–H groups in total. The summed E-state index contributed by atoms with van der Waals surface area (Å²) in [6, 6.07) is 19.1. The average Bonchev–Trinajstić information content (AvgIpc) is 3.00. The average molecular weight is 427 g/mol. The highest BCUT2D eigenvalue weighted by molar-refractivity contribution is 6.46. The molecule has 0 radical (unpaired) electrons. The molecule has 3 aromatic carbocycles. The second-order valence-corrected chi connectivity index (χ2v) is 8.18. The number of methoxy groups -OCH3 is 1. The molecule has 0 spiro atoms. The summed E-state index contributed by atoms with van der Waals surface area (Å²) in [6.07, 6.45) is 0. The van der Waals surface area contributed by atoms with Crippen molar-refractivity contribution in [1.82, 2.24) is 0 Å². The molecular weight excluding hydrogens is 400 g/mol. The maximum absolute atomic E-state index is 13.7. The summed E-state index contributed by atoms with van der Waals surface area (Å²) in [5.41, 5.74) is 6.42. The molecule has 0 atom stereocenters. The molecule has 1 aliphatic heterocycles. The first-order valence-corrected chi connectivity index (χ1v) is 10.5. The molecule has 32 heavy (non-hydrogen) atoms. The highest BCUT2D eigenvalue weighted by Crippen LogP contribution is 2.37. The van der Waals surface area contributed by atoms with Gasteiger partial charge in [0.1, 0.15) is 11.4 Å². The minimum atomic E-state index is -0.386. The van der Waals surface area contributed by atoms with Crippen LogP contribution in [0.4, 0.5) is 11.4 Å². The predicted octanol–water partition coefficient (Wildman–Crippen LogP) is 5.33. The Balaban J connectivity index is 1.88. The third-order valence-corrected chi connectivity index (χ3v) is 5.64. The lowest BCUT2D eigenvalue weighted by atomic mass is 10.0. The zero-order chi connectivity index (χ0) is 23.0. The van der Waals surface area contributed by atoms with Crippen LogP contribution >= 0.6 is 0 Å². The Kier molecular flexibility index (Phi) is 5.57. The normalized spacial score (nSPS) is 13.7. The standard InChI is InChI=1S/C27H26N2O3/c1-16-7-11-20(12-8-16)24-25(28-21-14-17(2)9-13-23(21)32-5)27(31)29(26(24)30)22-15-18(3)6-10-19(22)4/h6-15,28H,1-5H3. The van der Waals surface area contributed by atoms with E-state index in [9.17, 15) is 9.59 Å². The number of benzene rings is 3. The van der Waals surface area contributed by atoms with Crippen LogP contribution in [-0.2, 0) is 9.59 Å². The molecule has 0 fully saturated rings. The Morgan fingerprint density at radius 2 is 1.38 bits per heavy atom. The number of imide groups is 1. The molecule has 5 heteroatoms. The highest BCUT2D eigenvalue weighted by Gasteiger charge is 2.41. The van der Waals surface area contributed by atoms with Gasteiger partial charge in [0.15, 0.2) is 0 Å². The van der Waals surface area contributed by atoms with Gasteiger partial charge in [0.25, 0.3) is 11.8 Å². The Morgan fingerprint density at radius 1 is 0.750 bits per heavy atom. The maximum atomic E-state index is 13.7. The molecule has 1 aliphatic rings. The number of carbonyl (C=O) groups excluding carboxylic acids is 2. The lowest BCUT2D eigenvalue weighted by Gasteiger charge is -2.19. The van der Waals surface area contributed by atoms with E-state index in [4.69, 9.17) is 4.74 Å². The van der Waals surface area contributed by atoms with Gasteiger partial charge < -0.3 is 10.1 Å². The van der Waals surface area contributed by atoms with E-state index in [0.717, 1.165) is 22.3 Å². The number of rotatable bonds is 5. The van der Waals surface area contributed by atoms with Crippen molar-refractivity contribution in [2.45, 2.75) is 27.7 Å². The molecule has 3 aromatic rings. The molecule has 0 aliphatic carbocycles. The third-order valence-electron chi connectivity index (χ3n) is 5.64. The van der Waals surface area contributed by atoms with Crippen molar-refractivity contribution in [3.05, 3.63) is 94.2 Å². The van der Waals surface area contributed by atoms with Crippen LogP contribution in [0.2, 0.25) is 0 Å². The zero-order valence-corrected chi connectivity index (χ0v) is 18.9. The molecule has 2 amide bonds. The molecule has 5 nitrogen and oxygen atoms in total. The lowest BCUT2D eigenvalue weighted by Crippen LogP contribution is -2.33. The van der Waals surface area contributed by atoms with Crippen molar-refractivity contribution in [3.8, 4) is 5.75 Å². The van der Waals surface area contributed by atoms with Crippen LogP contribution in [0.1, 0.15) is 27.8 Å². The van der Waals surface area contributed by atoms with E-state index < -0.39 is 0 Å². The van der Waals surface area contributed by atoms with Gasteiger partial charge in [-0.15, -0.1) is 0 Å². The number of anilines is 2. The van der Waals surface area contributed by atoms with Crippen LogP contribution in [-0.4, -0.2) is 18.9 Å². The second kappa shape index (κ2) is 8.35. The molecule has 0 saturated heterocycles. The molecule has 0 bridgehead atoms. The van der Waals surface area contributed by atoms with Crippen molar-refractivity contribution in [2.75, 3.05) is 17.3 Å². The van der Waals surface area contributed by atoms with Gasteiger partial charge in [-0.05, 0) is 68.1 Å². The van der Waals surface area contributed by atoms with E-state index in [2.05, 4.69) is 5.32 Å². The van der Waals surface area contributed by atoms with Gasteiger partial charge >= 0.3 is 0 Å². The van der Waals surface area contributed by atoms with E-state index in [1.807, 2.05) is 88.4 Å². The SMILES string of the molecule is COc1ccc(C)cc1NC1=C(c2ccc(C)cc2)C(=O)N(c2cc(C)ccc2C)C1=O. The van der Waals surface area contributed by atoms with E-state index in [0.29, 0.717) is 28.3 Å². The van der Waals surface area contributed by atoms with Crippen LogP contribution in [0, 0.1) is 27.7 Å². The van der Waals surface area contributed by atoms with Crippen LogP contribution < -0.4 is 15.0 Å². The summed E-state index contributed by atoms with van der Waals surface area (Å²) in [5, 5.41) is 3.22. The van der Waals surface area contributed by atoms with Gasteiger partial charge in [0, 0.05) is 0 Å². The number of nitrogens with one attached hydrogen (secondary N) is 1. The number of hydrogen-bond acceptors (Lipinski definition) is 4. The van der Waals surface area contributed by atoms with E-state index in [1.54, 1.807) is 7.11 Å². The third kappa shape index (κ3) is 3.78. The van der Waals surface area contributed by atoms with Crippen LogP contribution in [0.3, 0.4) is 0 Å². The summed E-state index contributed by atoms with van der Waals surface area (Å²) in [6.45, 7) is 7.79. The van der Waals surface area contributed by atoms with Gasteiger partial charge in [0.05, 0.1) is 24.1 Å². The first kappa shape index (κ1) is 21.4. The second-order valence-electron chi connectivity index (χ2n) is 8.18. The largest absolute Gasteiger partial charge is 0.495 e. The molecular formula is C27H26N2O3. The fourth-order valence-electron chi connectivity index (χ4n) is 3.87. The van der Waals surface area contributed by atoms with Crippen LogP contribution in [0.5, 0.6) is 5.75 Å². The van der Waals surface area contributed by atoms with E-state index in [1.165, 1.54) is 4.90 Å². The van der Waals surface area contributed by atoms with Gasteiger partial charge in [-0.25, -0.2) is 4.90 Å². The molecule has 0 aromatic heterocycles. The fourth-order valence-corrected chi connectivity index (χ4v) is 3.87. The smallest absolute Gasteiger partial charge is 0.282 e. The number of hydrogen-bond donors (Lipinski definition) is 1. The van der Waals surface area contributed by atoms with Gasteiger partial charge in [-0.1, -0.05) is 48.0 Å². The van der Waals surface area contributed by atoms with Crippen molar-refractivity contribution in [3.63, 3.8) is 0 Å². The molecule has 0 unspecified atom stereocenters. The lowest BCUT2D eigenvalue weighted by molar-refractivity contribution is -0.120. The Hall–Kier alpha value is -3.86. The maximum Gasteiger partial charge on any atom is 0.282 e. The number of amides is 2. The summed E-state index contributed by atoms with van der Waals surface area (Å²) in [5.74, 6) is -0.138. The minimum absolute atomic E-state index is 0.239. The summed E-state index contributed by atoms with van der Waals surface area (Å²) in [4.78, 5) is 28.6. The van der Waals surface area contributed by atoms with E-state index in [-0.39, 0.29) is 17.5 Å². The molecule has 4 rings (SSSR count). The monoisotopic (exact) mass is 426 g/mol. The van der Waals surface area contributed by atoms with Crippen LogP contribution in [0.25, 0.3) is 5.57 Å². The van der Waals surface area contributed by atoms with Crippen molar-refractivity contribution in [1.29, 1.82) is 0 Å². The Labute approximate surface area is 188 Å². The van der Waals surface area contributed by atoms with Gasteiger partial charge in [-0.3, -0.25) is 9.59 Å². The van der Waals surface area contributed by atoms with Crippen molar-refractivity contribution >= 4 is 28.8 Å². The number of nitrogens with zero attached hydrogens (tertiary/aromatic N) is 1. The molecule has 1 heterocycles. The number of carbonyl (C=O) groups is 2. The summed E-state index contributed by atoms with van der Waals surface area (Å²) in [7, 11) is 1.58.